The van der Waals surface area contributed by atoms with E-state index in [0.29, 0.717) is 33.8 Å². The average molecular weight is 538 g/mol. The second-order valence-electron chi connectivity index (χ2n) is 8.00. The number of carboxylic acid groups (broad SMARTS) is 1. The van der Waals surface area contributed by atoms with Gasteiger partial charge in [-0.3, -0.25) is 4.79 Å². The van der Waals surface area contributed by atoms with Crippen LogP contribution < -0.4 is 24.1 Å². The summed E-state index contributed by atoms with van der Waals surface area (Å²) in [5.41, 5.74) is 1.12. The van der Waals surface area contributed by atoms with E-state index in [1.54, 1.807) is 18.2 Å². The lowest BCUT2D eigenvalue weighted by atomic mass is 9.89. The Kier molecular flexibility index (Phi) is 7.87. The fraction of sp³-hybridized carbons (Fsp3) is 0.185. The number of Topliss-reactive ketones (excluding diaryl/α,β-unsaturated/α-hetero) is 1. The van der Waals surface area contributed by atoms with Crippen molar-refractivity contribution in [1.82, 2.24) is 8.75 Å². The summed E-state index contributed by atoms with van der Waals surface area (Å²) in [7, 11) is 5.62. The van der Waals surface area contributed by atoms with Crippen LogP contribution >= 0.6 is 11.7 Å². The molecule has 1 heterocycles. The third kappa shape index (κ3) is 5.14. The van der Waals surface area contributed by atoms with Gasteiger partial charge in [0.15, 0.2) is 28.8 Å². The number of carboxylic acids is 1. The number of halogens is 1. The molecule has 4 aromatic rings. The highest BCUT2D eigenvalue weighted by molar-refractivity contribution is 7.00. The molecule has 3 aromatic carbocycles. The normalized spacial score (nSPS) is 11.6. The topological polar surface area (TPSA) is 120 Å². The quantitative estimate of drug-likeness (QED) is 0.221. The molecule has 0 aliphatic carbocycles. The molecule has 0 bridgehead atoms. The van der Waals surface area contributed by atoms with Gasteiger partial charge in [-0.15, -0.1) is 0 Å². The molecule has 0 radical (unpaired) electrons. The maximum absolute atomic E-state index is 14.5. The highest BCUT2D eigenvalue weighted by Gasteiger charge is 2.23. The van der Waals surface area contributed by atoms with Crippen molar-refractivity contribution in [3.63, 3.8) is 0 Å². The van der Waals surface area contributed by atoms with Crippen LogP contribution in [-0.2, 0) is 11.2 Å². The van der Waals surface area contributed by atoms with E-state index in [1.807, 2.05) is 0 Å². The molecular weight excluding hydrogens is 515 g/mol. The number of carbonyl (C=O) groups is 2. The van der Waals surface area contributed by atoms with Gasteiger partial charge in [-0.25, -0.2) is 4.39 Å². The van der Waals surface area contributed by atoms with Crippen molar-refractivity contribution in [2.24, 2.45) is 0 Å². The predicted octanol–water partition coefficient (Wildman–Crippen LogP) is 3.49. The summed E-state index contributed by atoms with van der Waals surface area (Å²) in [5.74, 6) is -2.17. The van der Waals surface area contributed by atoms with Crippen molar-refractivity contribution in [3.8, 4) is 23.0 Å². The second-order valence-corrected chi connectivity index (χ2v) is 8.53. The molecule has 0 N–H and O–H groups in total. The van der Waals surface area contributed by atoms with Crippen LogP contribution in [0.15, 0.2) is 54.1 Å². The molecule has 9 nitrogen and oxygen atoms in total. The van der Waals surface area contributed by atoms with Gasteiger partial charge in [-0.1, -0.05) is 6.07 Å². The van der Waals surface area contributed by atoms with Gasteiger partial charge in [-0.2, -0.15) is 8.75 Å². The Morgan fingerprint density at radius 3 is 2.03 bits per heavy atom. The third-order valence-corrected chi connectivity index (χ3v) is 6.40. The summed E-state index contributed by atoms with van der Waals surface area (Å²) in [6, 6.07) is 11.5. The summed E-state index contributed by atoms with van der Waals surface area (Å²) in [6.07, 6.45) is -0.181. The van der Waals surface area contributed by atoms with Crippen molar-refractivity contribution < 1.29 is 38.0 Å². The van der Waals surface area contributed by atoms with Crippen LogP contribution in [0.25, 0.3) is 16.6 Å². The molecule has 0 unspecified atom stereocenters. The summed E-state index contributed by atoms with van der Waals surface area (Å²) in [4.78, 5) is 26.3. The maximum atomic E-state index is 14.5. The van der Waals surface area contributed by atoms with Crippen LogP contribution in [0.3, 0.4) is 0 Å². The molecule has 0 saturated carbocycles. The number of methoxy groups -OCH3 is 4. The molecule has 11 heteroatoms. The zero-order valence-corrected chi connectivity index (χ0v) is 21.7. The van der Waals surface area contributed by atoms with Gasteiger partial charge in [-0.05, 0) is 53.6 Å². The van der Waals surface area contributed by atoms with E-state index in [0.717, 1.165) is 17.8 Å². The number of allylic oxidation sites excluding steroid dienone is 1. The van der Waals surface area contributed by atoms with Crippen molar-refractivity contribution in [3.05, 3.63) is 76.6 Å². The zero-order chi connectivity index (χ0) is 27.4. The minimum Gasteiger partial charge on any atom is -0.545 e. The SMILES string of the molecule is COc1ccc(C(=O)/C(Cc2cc(OC)c(OC)c(OC)c2)=C(\C(=O)[O-])c2ccc3nsnc3c2)cc1F. The molecule has 4 rings (SSSR count). The predicted molar refractivity (Wildman–Crippen MR) is 136 cm³/mol. The van der Waals surface area contributed by atoms with E-state index in [4.69, 9.17) is 18.9 Å². The van der Waals surface area contributed by atoms with Crippen LogP contribution in [0.2, 0.25) is 0 Å². The van der Waals surface area contributed by atoms with E-state index < -0.39 is 17.6 Å². The molecule has 0 saturated heterocycles. The number of ether oxygens (including phenoxy) is 4. The molecule has 0 fully saturated rings. The minimum atomic E-state index is -1.59. The van der Waals surface area contributed by atoms with Gasteiger partial charge in [0, 0.05) is 23.1 Å². The molecule has 0 aliphatic rings. The Morgan fingerprint density at radius 1 is 0.816 bits per heavy atom. The van der Waals surface area contributed by atoms with E-state index in [9.17, 15) is 19.1 Å². The first-order chi connectivity index (χ1) is 18.3. The Labute approximate surface area is 221 Å². The van der Waals surface area contributed by atoms with E-state index >= 15 is 0 Å². The van der Waals surface area contributed by atoms with E-state index in [-0.39, 0.29) is 34.4 Å². The van der Waals surface area contributed by atoms with Crippen LogP contribution in [0.4, 0.5) is 4.39 Å². The molecule has 196 valence electrons. The molecule has 0 spiro atoms. The Bertz CT molecular complexity index is 1540. The second kappa shape index (κ2) is 11.3. The standard InChI is InChI=1S/C27H23FN2O7S/c1-34-21-8-6-16(12-18(21)28)25(31)17(9-14-10-22(35-2)26(37-4)23(11-14)36-3)24(27(32)33)15-5-7-19-20(13-15)30-38-29-19/h5-8,10-13H,9H2,1-4H3,(H,32,33)/p-1/b24-17-. The summed E-state index contributed by atoms with van der Waals surface area (Å²) in [6.45, 7) is 0. The minimum absolute atomic E-state index is 0.0571. The lowest BCUT2D eigenvalue weighted by Gasteiger charge is -2.19. The Balaban J connectivity index is 1.95. The Hall–Kier alpha value is -4.51. The smallest absolute Gasteiger partial charge is 0.203 e. The molecule has 0 atom stereocenters. The molecule has 0 aliphatic heterocycles. The first kappa shape index (κ1) is 26.6. The number of benzene rings is 3. The van der Waals surface area contributed by atoms with Gasteiger partial charge < -0.3 is 28.8 Å². The van der Waals surface area contributed by atoms with E-state index in [1.165, 1.54) is 52.7 Å². The van der Waals surface area contributed by atoms with Gasteiger partial charge in [0.1, 0.15) is 11.0 Å². The van der Waals surface area contributed by atoms with Gasteiger partial charge in [0.25, 0.3) is 0 Å². The fourth-order valence-corrected chi connectivity index (χ4v) is 4.58. The average Bonchev–Trinajstić information content (AvgIpc) is 3.39. The summed E-state index contributed by atoms with van der Waals surface area (Å²) in [5, 5.41) is 12.5. The number of rotatable bonds is 10. The van der Waals surface area contributed by atoms with Crippen LogP contribution in [0, 0.1) is 5.82 Å². The van der Waals surface area contributed by atoms with Gasteiger partial charge in [0.05, 0.1) is 46.1 Å². The van der Waals surface area contributed by atoms with Crippen molar-refractivity contribution >= 4 is 40.1 Å². The number of hydrogen-bond acceptors (Lipinski definition) is 10. The van der Waals surface area contributed by atoms with Crippen molar-refractivity contribution in [2.45, 2.75) is 6.42 Å². The lowest BCUT2D eigenvalue weighted by Crippen LogP contribution is -2.27. The largest absolute Gasteiger partial charge is 0.545 e. The lowest BCUT2D eigenvalue weighted by molar-refractivity contribution is -0.295. The Morgan fingerprint density at radius 2 is 1.45 bits per heavy atom. The number of nitrogens with zero attached hydrogens (tertiary/aromatic N) is 2. The van der Waals surface area contributed by atoms with Crippen LogP contribution in [-0.4, -0.2) is 48.9 Å². The first-order valence-corrected chi connectivity index (χ1v) is 11.9. The number of hydrogen-bond donors (Lipinski definition) is 0. The molecule has 0 amide bonds. The monoisotopic (exact) mass is 537 g/mol. The number of fused-ring (bicyclic) bond motifs is 1. The number of aromatic nitrogens is 2. The maximum Gasteiger partial charge on any atom is 0.203 e. The first-order valence-electron chi connectivity index (χ1n) is 11.2. The molecule has 1 aromatic heterocycles. The van der Waals surface area contributed by atoms with Crippen molar-refractivity contribution in [2.75, 3.05) is 28.4 Å². The zero-order valence-electron chi connectivity index (χ0n) is 20.9. The van der Waals surface area contributed by atoms with Crippen molar-refractivity contribution in [1.29, 1.82) is 0 Å². The third-order valence-electron chi connectivity index (χ3n) is 5.84. The molecule has 38 heavy (non-hydrogen) atoms. The fourth-order valence-electron chi connectivity index (χ4n) is 4.06. The summed E-state index contributed by atoms with van der Waals surface area (Å²) < 4.78 is 43.9. The highest BCUT2D eigenvalue weighted by atomic mass is 32.1. The van der Waals surface area contributed by atoms with E-state index in [2.05, 4.69) is 8.75 Å². The summed E-state index contributed by atoms with van der Waals surface area (Å²) >= 11 is 0.973. The van der Waals surface area contributed by atoms with Crippen LogP contribution in [0.5, 0.6) is 23.0 Å². The highest BCUT2D eigenvalue weighted by Crippen LogP contribution is 2.39. The number of ketones is 1. The molecular formula is C27H22FN2O7S-. The van der Waals surface area contributed by atoms with Gasteiger partial charge >= 0.3 is 0 Å². The van der Waals surface area contributed by atoms with Crippen LogP contribution in [0.1, 0.15) is 21.5 Å². The number of carbonyl (C=O) groups excluding carboxylic acids is 2. The van der Waals surface area contributed by atoms with Gasteiger partial charge in [0.2, 0.25) is 5.75 Å². The number of aliphatic carboxylic acids is 1.